The van der Waals surface area contributed by atoms with E-state index in [1.165, 1.54) is 22.3 Å². The first-order chi connectivity index (χ1) is 26.8. The molecule has 0 saturated carbocycles. The summed E-state index contributed by atoms with van der Waals surface area (Å²) in [6, 6.07) is 50.5. The third kappa shape index (κ3) is 6.38. The van der Waals surface area contributed by atoms with Gasteiger partial charge in [0.05, 0.1) is 0 Å². The van der Waals surface area contributed by atoms with Gasteiger partial charge in [0.25, 0.3) is 0 Å². The van der Waals surface area contributed by atoms with Gasteiger partial charge in [-0.3, -0.25) is 0 Å². The minimum atomic E-state index is -0.152. The van der Waals surface area contributed by atoms with Gasteiger partial charge in [-0.05, 0) is 80.3 Å². The summed E-state index contributed by atoms with van der Waals surface area (Å²) in [4.78, 5) is 15.3. The van der Waals surface area contributed by atoms with E-state index in [0.29, 0.717) is 17.5 Å². The monoisotopic (exact) mass is 709 g/mol. The molecular weight excluding hydrogens is 667 g/mol. The zero-order valence-electron chi connectivity index (χ0n) is 31.8. The van der Waals surface area contributed by atoms with Crippen LogP contribution in [-0.2, 0) is 5.41 Å². The van der Waals surface area contributed by atoms with Gasteiger partial charge in [0.2, 0.25) is 0 Å². The quantitative estimate of drug-likeness (QED) is 0.158. The molecule has 0 N–H and O–H groups in total. The first-order valence-electron chi connectivity index (χ1n) is 18.8. The van der Waals surface area contributed by atoms with Crippen LogP contribution >= 0.6 is 0 Å². The van der Waals surface area contributed by atoms with E-state index in [0.717, 1.165) is 60.9 Å². The van der Waals surface area contributed by atoms with E-state index < -0.39 is 0 Å². The van der Waals surface area contributed by atoms with Crippen molar-refractivity contribution in [3.63, 3.8) is 0 Å². The molecule has 3 nitrogen and oxygen atoms in total. The van der Waals surface area contributed by atoms with Crippen molar-refractivity contribution in [1.29, 1.82) is 0 Å². The first-order valence-corrected chi connectivity index (χ1v) is 18.8. The van der Waals surface area contributed by atoms with Crippen LogP contribution < -0.4 is 0 Å². The zero-order valence-corrected chi connectivity index (χ0v) is 31.8. The summed E-state index contributed by atoms with van der Waals surface area (Å²) in [7, 11) is 0. The van der Waals surface area contributed by atoms with Gasteiger partial charge in [-0.1, -0.05) is 191 Å². The maximum Gasteiger partial charge on any atom is 0.164 e. The molecule has 266 valence electrons. The first kappa shape index (κ1) is 35.3. The molecule has 6 aromatic carbocycles. The van der Waals surface area contributed by atoms with Gasteiger partial charge < -0.3 is 0 Å². The Morgan fingerprint density at radius 2 is 1.15 bits per heavy atom. The van der Waals surface area contributed by atoms with Gasteiger partial charge >= 0.3 is 0 Å². The van der Waals surface area contributed by atoms with Crippen molar-refractivity contribution >= 4 is 39.1 Å². The van der Waals surface area contributed by atoms with Crippen LogP contribution in [0.1, 0.15) is 66.9 Å². The Bertz CT molecular complexity index is 2650. The number of allylic oxidation sites excluding steroid dienone is 6. The SMILES string of the molecule is C=Cc1ccccc1/C(=C(\C)c1nc(-c2ccccc2)nc(-c2ccccc2)n1)c1ccc(C(=C)C=C2/C(=C\C)c3ccccc3C2(C)C)c2ccccc12. The van der Waals surface area contributed by atoms with Crippen molar-refractivity contribution in [2.75, 3.05) is 0 Å². The molecule has 1 heterocycles. The maximum absolute atomic E-state index is 5.15. The van der Waals surface area contributed by atoms with Crippen LogP contribution in [0.25, 0.3) is 61.9 Å². The summed E-state index contributed by atoms with van der Waals surface area (Å²) in [6.07, 6.45) is 6.46. The highest BCUT2D eigenvalue weighted by Crippen LogP contribution is 2.50. The molecule has 0 unspecified atom stereocenters. The number of fused-ring (bicyclic) bond motifs is 2. The molecule has 0 saturated heterocycles. The number of aromatic nitrogens is 3. The van der Waals surface area contributed by atoms with Gasteiger partial charge in [0, 0.05) is 22.1 Å². The van der Waals surface area contributed by atoms with Crippen molar-refractivity contribution in [3.8, 4) is 22.8 Å². The molecule has 0 spiro atoms. The van der Waals surface area contributed by atoms with Crippen molar-refractivity contribution in [2.45, 2.75) is 33.1 Å². The summed E-state index contributed by atoms with van der Waals surface area (Å²) >= 11 is 0. The zero-order chi connectivity index (χ0) is 38.1. The molecule has 0 fully saturated rings. The number of hydrogen-bond acceptors (Lipinski definition) is 3. The normalized spacial score (nSPS) is 15.2. The number of nitrogens with zero attached hydrogens (tertiary/aromatic N) is 3. The highest BCUT2D eigenvalue weighted by molar-refractivity contribution is 6.09. The van der Waals surface area contributed by atoms with E-state index in [1.807, 2.05) is 66.7 Å². The molecule has 0 atom stereocenters. The lowest BCUT2D eigenvalue weighted by atomic mass is 9.80. The van der Waals surface area contributed by atoms with E-state index in [2.05, 4.69) is 131 Å². The number of rotatable bonds is 8. The Labute approximate surface area is 324 Å². The molecule has 0 radical (unpaired) electrons. The van der Waals surface area contributed by atoms with E-state index in [4.69, 9.17) is 21.5 Å². The van der Waals surface area contributed by atoms with Crippen molar-refractivity contribution in [2.24, 2.45) is 0 Å². The van der Waals surface area contributed by atoms with Gasteiger partial charge in [-0.2, -0.15) is 0 Å². The molecule has 55 heavy (non-hydrogen) atoms. The van der Waals surface area contributed by atoms with Gasteiger partial charge in [-0.25, -0.2) is 15.0 Å². The molecule has 7 aromatic rings. The lowest BCUT2D eigenvalue weighted by Gasteiger charge is -2.23. The van der Waals surface area contributed by atoms with Crippen molar-refractivity contribution < 1.29 is 0 Å². The highest BCUT2D eigenvalue weighted by atomic mass is 15.0. The Balaban J connectivity index is 1.35. The smallest absolute Gasteiger partial charge is 0.164 e. The fourth-order valence-electron chi connectivity index (χ4n) is 8.05. The fraction of sp³-hybridized carbons (Fsp3) is 0.0962. The predicted molar refractivity (Wildman–Crippen MR) is 233 cm³/mol. The van der Waals surface area contributed by atoms with Crippen LogP contribution in [0.4, 0.5) is 0 Å². The van der Waals surface area contributed by atoms with Crippen LogP contribution in [0, 0.1) is 0 Å². The Hall–Kier alpha value is -6.71. The van der Waals surface area contributed by atoms with Crippen molar-refractivity contribution in [1.82, 2.24) is 15.0 Å². The molecule has 0 aliphatic heterocycles. The molecular formula is C52H43N3. The molecule has 0 bridgehead atoms. The fourth-order valence-corrected chi connectivity index (χ4v) is 8.05. The molecule has 3 heteroatoms. The summed E-state index contributed by atoms with van der Waals surface area (Å²) < 4.78 is 0. The Morgan fingerprint density at radius 1 is 0.600 bits per heavy atom. The Kier molecular flexibility index (Phi) is 9.38. The summed E-state index contributed by atoms with van der Waals surface area (Å²) in [5, 5.41) is 2.25. The van der Waals surface area contributed by atoms with E-state index in [-0.39, 0.29) is 5.41 Å². The van der Waals surface area contributed by atoms with Gasteiger partial charge in [0.15, 0.2) is 17.5 Å². The lowest BCUT2D eigenvalue weighted by molar-refractivity contribution is 0.661. The third-order valence-corrected chi connectivity index (χ3v) is 10.9. The van der Waals surface area contributed by atoms with E-state index in [9.17, 15) is 0 Å². The molecule has 0 amide bonds. The second-order valence-electron chi connectivity index (χ2n) is 14.5. The number of hydrogen-bond donors (Lipinski definition) is 0. The van der Waals surface area contributed by atoms with Crippen LogP contribution in [0.3, 0.4) is 0 Å². The minimum Gasteiger partial charge on any atom is -0.209 e. The average molecular weight is 710 g/mol. The largest absolute Gasteiger partial charge is 0.209 e. The van der Waals surface area contributed by atoms with Crippen LogP contribution in [0.5, 0.6) is 0 Å². The summed E-state index contributed by atoms with van der Waals surface area (Å²) in [5.74, 6) is 1.87. The third-order valence-electron chi connectivity index (χ3n) is 10.9. The van der Waals surface area contributed by atoms with Gasteiger partial charge in [0.1, 0.15) is 0 Å². The minimum absolute atomic E-state index is 0.152. The van der Waals surface area contributed by atoms with E-state index >= 15 is 0 Å². The van der Waals surface area contributed by atoms with Crippen LogP contribution in [0.15, 0.2) is 176 Å². The Morgan fingerprint density at radius 3 is 1.78 bits per heavy atom. The molecule has 1 aromatic heterocycles. The highest BCUT2D eigenvalue weighted by Gasteiger charge is 2.37. The van der Waals surface area contributed by atoms with Crippen molar-refractivity contribution in [3.05, 3.63) is 216 Å². The second kappa shape index (κ2) is 14.6. The molecule has 8 rings (SSSR count). The maximum atomic E-state index is 5.15. The summed E-state index contributed by atoms with van der Waals surface area (Å²) in [6.45, 7) is 17.8. The topological polar surface area (TPSA) is 38.7 Å². The standard InChI is InChI=1S/C52H43N3/c1-7-36-21-15-16-26-41(36)48(35(4)49-53-50(37-22-11-9-12-23-37)55-51(54-49)38-24-13-10-14-25-38)45-32-31-40(42-27-17-18-28-43(42)45)34(3)33-47-39(8-2)44-29-19-20-30-46(44)52(47,5)6/h7-33H,1,3H2,2,4-6H3/b39-8-,47-33?,48-35-. The summed E-state index contributed by atoms with van der Waals surface area (Å²) in [5.41, 5.74) is 14.1. The second-order valence-corrected chi connectivity index (χ2v) is 14.5. The average Bonchev–Trinajstić information content (AvgIpc) is 3.45. The number of benzene rings is 6. The van der Waals surface area contributed by atoms with Gasteiger partial charge in [-0.15, -0.1) is 0 Å². The van der Waals surface area contributed by atoms with Crippen LogP contribution in [-0.4, -0.2) is 15.0 Å². The predicted octanol–water partition coefficient (Wildman–Crippen LogP) is 13.3. The lowest BCUT2D eigenvalue weighted by Crippen LogP contribution is -2.15. The molecule has 1 aliphatic carbocycles. The molecule has 1 aliphatic rings. The van der Waals surface area contributed by atoms with E-state index in [1.54, 1.807) is 0 Å². The van der Waals surface area contributed by atoms with Crippen LogP contribution in [0.2, 0.25) is 0 Å².